The van der Waals surface area contributed by atoms with E-state index >= 15 is 0 Å². The maximum atomic E-state index is 12.1. The van der Waals surface area contributed by atoms with Crippen LogP contribution in [0.3, 0.4) is 0 Å². The summed E-state index contributed by atoms with van der Waals surface area (Å²) in [6.45, 7) is 2.56. The lowest BCUT2D eigenvalue weighted by Crippen LogP contribution is -2.28. The summed E-state index contributed by atoms with van der Waals surface area (Å²) in [4.78, 5) is 0.240. The fraction of sp³-hybridized carbons (Fsp3) is 0.250. The summed E-state index contributed by atoms with van der Waals surface area (Å²) in [5.74, 6) is 0.799. The molecular weight excluding hydrogens is 366 g/mol. The lowest BCUT2D eigenvalue weighted by Gasteiger charge is -2.11. The molecule has 0 aromatic heterocycles. The average molecular weight is 384 g/mol. The summed E-state index contributed by atoms with van der Waals surface area (Å²) in [5.41, 5.74) is 1.11. The van der Waals surface area contributed by atoms with Crippen molar-refractivity contribution in [3.05, 3.63) is 58.6 Å². The largest absolute Gasteiger partial charge is 0.492 e. The molecule has 0 bridgehead atoms. The first kappa shape index (κ1) is 17.0. The van der Waals surface area contributed by atoms with Crippen LogP contribution >= 0.6 is 15.9 Å². The first-order valence-corrected chi connectivity index (χ1v) is 9.26. The molecule has 0 unspecified atom stereocenters. The molecule has 0 spiro atoms. The van der Waals surface area contributed by atoms with Crippen molar-refractivity contribution in [1.82, 2.24) is 4.72 Å². The van der Waals surface area contributed by atoms with E-state index in [1.807, 2.05) is 24.3 Å². The summed E-state index contributed by atoms with van der Waals surface area (Å²) in [6, 6.07) is 14.3. The fourth-order valence-electron chi connectivity index (χ4n) is 1.97. The number of nitrogens with one attached hydrogen (secondary N) is 1. The lowest BCUT2D eigenvalue weighted by atomic mass is 10.1. The van der Waals surface area contributed by atoms with E-state index in [1.165, 1.54) is 0 Å². The highest BCUT2D eigenvalue weighted by atomic mass is 79.9. The van der Waals surface area contributed by atoms with Gasteiger partial charge >= 0.3 is 0 Å². The van der Waals surface area contributed by atoms with Crippen molar-refractivity contribution in [3.63, 3.8) is 0 Å². The third kappa shape index (κ3) is 4.56. The number of rotatable bonds is 7. The number of para-hydroxylation sites is 1. The molecule has 4 nitrogen and oxygen atoms in total. The van der Waals surface area contributed by atoms with Gasteiger partial charge in [-0.15, -0.1) is 0 Å². The number of hydrogen-bond donors (Lipinski definition) is 1. The van der Waals surface area contributed by atoms with Crippen LogP contribution in [0.1, 0.15) is 12.5 Å². The van der Waals surface area contributed by atoms with Crippen molar-refractivity contribution in [3.8, 4) is 5.75 Å². The normalized spacial score (nSPS) is 11.4. The van der Waals surface area contributed by atoms with Crippen molar-refractivity contribution in [2.45, 2.75) is 18.2 Å². The molecule has 2 aromatic carbocycles. The molecule has 0 heterocycles. The molecule has 0 radical (unpaired) electrons. The average Bonchev–Trinajstić information content (AvgIpc) is 2.52. The highest BCUT2D eigenvalue weighted by molar-refractivity contribution is 9.10. The highest BCUT2D eigenvalue weighted by Gasteiger charge is 2.13. The van der Waals surface area contributed by atoms with Crippen molar-refractivity contribution in [2.75, 3.05) is 13.2 Å². The molecule has 6 heteroatoms. The third-order valence-corrected chi connectivity index (χ3v) is 5.13. The zero-order valence-corrected chi connectivity index (χ0v) is 14.7. The number of hydrogen-bond acceptors (Lipinski definition) is 3. The van der Waals surface area contributed by atoms with E-state index in [1.54, 1.807) is 24.3 Å². The second-order valence-corrected chi connectivity index (χ2v) is 7.34. The number of ether oxygens (including phenoxy) is 1. The Morgan fingerprint density at radius 1 is 1.09 bits per heavy atom. The van der Waals surface area contributed by atoms with E-state index < -0.39 is 10.0 Å². The van der Waals surface area contributed by atoms with Crippen LogP contribution in [0.4, 0.5) is 0 Å². The molecule has 22 heavy (non-hydrogen) atoms. The molecule has 0 fully saturated rings. The van der Waals surface area contributed by atoms with Crippen LogP contribution in [0, 0.1) is 0 Å². The zero-order valence-electron chi connectivity index (χ0n) is 12.3. The number of aryl methyl sites for hydroxylation is 1. The first-order chi connectivity index (χ1) is 10.5. The molecule has 0 aliphatic carbocycles. The molecule has 0 aliphatic rings. The van der Waals surface area contributed by atoms with Crippen LogP contribution < -0.4 is 9.46 Å². The van der Waals surface area contributed by atoms with Gasteiger partial charge in [0.15, 0.2) is 0 Å². The standard InChI is InChI=1S/C16H18BrNO3S/c1-2-13-5-3-4-6-16(13)21-12-11-18-22(19,20)15-9-7-14(17)8-10-15/h3-10,18H,2,11-12H2,1H3. The molecule has 1 N–H and O–H groups in total. The van der Waals surface area contributed by atoms with Gasteiger partial charge in [0, 0.05) is 11.0 Å². The molecule has 2 rings (SSSR count). The SMILES string of the molecule is CCc1ccccc1OCCNS(=O)(=O)c1ccc(Br)cc1. The van der Waals surface area contributed by atoms with Crippen LogP contribution in [-0.2, 0) is 16.4 Å². The van der Waals surface area contributed by atoms with Gasteiger partial charge in [-0.3, -0.25) is 0 Å². The van der Waals surface area contributed by atoms with Crippen molar-refractivity contribution in [2.24, 2.45) is 0 Å². The van der Waals surface area contributed by atoms with Gasteiger partial charge in [0.25, 0.3) is 0 Å². The molecule has 0 saturated heterocycles. The summed E-state index contributed by atoms with van der Waals surface area (Å²) >= 11 is 3.28. The minimum absolute atomic E-state index is 0.219. The Bertz CT molecular complexity index is 714. The lowest BCUT2D eigenvalue weighted by molar-refractivity contribution is 0.320. The Hall–Kier alpha value is -1.37. The number of halogens is 1. The Labute approximate surface area is 139 Å². The van der Waals surface area contributed by atoms with E-state index in [4.69, 9.17) is 4.74 Å². The predicted octanol–water partition coefficient (Wildman–Crippen LogP) is 3.37. The summed E-state index contributed by atoms with van der Waals surface area (Å²) in [5, 5.41) is 0. The topological polar surface area (TPSA) is 55.4 Å². The molecule has 0 aliphatic heterocycles. The predicted molar refractivity (Wildman–Crippen MR) is 90.6 cm³/mol. The molecular formula is C16H18BrNO3S. The van der Waals surface area contributed by atoms with Crippen molar-refractivity contribution >= 4 is 26.0 Å². The maximum Gasteiger partial charge on any atom is 0.240 e. The van der Waals surface area contributed by atoms with Gasteiger partial charge in [-0.05, 0) is 42.3 Å². The third-order valence-electron chi connectivity index (χ3n) is 3.13. The van der Waals surface area contributed by atoms with Crippen LogP contribution in [0.15, 0.2) is 57.9 Å². The number of benzene rings is 2. The number of sulfonamides is 1. The van der Waals surface area contributed by atoms with Crippen LogP contribution in [0.5, 0.6) is 5.75 Å². The van der Waals surface area contributed by atoms with Crippen LogP contribution in [-0.4, -0.2) is 21.6 Å². The van der Waals surface area contributed by atoms with Gasteiger partial charge in [0.2, 0.25) is 10.0 Å². The van der Waals surface area contributed by atoms with Crippen LogP contribution in [0.2, 0.25) is 0 Å². The second-order valence-electron chi connectivity index (χ2n) is 4.66. The summed E-state index contributed by atoms with van der Waals surface area (Å²) in [7, 11) is -3.50. The Morgan fingerprint density at radius 2 is 1.77 bits per heavy atom. The molecule has 2 aromatic rings. The van der Waals surface area contributed by atoms with E-state index in [2.05, 4.69) is 27.6 Å². The van der Waals surface area contributed by atoms with Gasteiger partial charge in [-0.1, -0.05) is 41.1 Å². The molecule has 0 amide bonds. The Kier molecular flexibility index (Phi) is 5.99. The second kappa shape index (κ2) is 7.76. The molecule has 0 saturated carbocycles. The monoisotopic (exact) mass is 383 g/mol. The van der Waals surface area contributed by atoms with E-state index in [0.717, 1.165) is 22.2 Å². The van der Waals surface area contributed by atoms with Gasteiger partial charge < -0.3 is 4.74 Å². The van der Waals surface area contributed by atoms with Gasteiger partial charge in [0.05, 0.1) is 4.90 Å². The first-order valence-electron chi connectivity index (χ1n) is 6.99. The highest BCUT2D eigenvalue weighted by Crippen LogP contribution is 2.18. The van der Waals surface area contributed by atoms with E-state index in [9.17, 15) is 8.42 Å². The Morgan fingerprint density at radius 3 is 2.45 bits per heavy atom. The maximum absolute atomic E-state index is 12.1. The summed E-state index contributed by atoms with van der Waals surface area (Å²) < 4.78 is 33.2. The summed E-state index contributed by atoms with van der Waals surface area (Å²) in [6.07, 6.45) is 0.876. The van der Waals surface area contributed by atoms with Gasteiger partial charge in [-0.25, -0.2) is 13.1 Å². The zero-order chi connectivity index (χ0) is 16.0. The fourth-order valence-corrected chi connectivity index (χ4v) is 3.25. The van der Waals surface area contributed by atoms with Gasteiger partial charge in [-0.2, -0.15) is 0 Å². The molecule has 118 valence electrons. The smallest absolute Gasteiger partial charge is 0.240 e. The van der Waals surface area contributed by atoms with E-state index in [0.29, 0.717) is 0 Å². The van der Waals surface area contributed by atoms with Crippen molar-refractivity contribution < 1.29 is 13.2 Å². The van der Waals surface area contributed by atoms with E-state index in [-0.39, 0.29) is 18.0 Å². The van der Waals surface area contributed by atoms with Crippen molar-refractivity contribution in [1.29, 1.82) is 0 Å². The quantitative estimate of drug-likeness (QED) is 0.745. The Balaban J connectivity index is 1.89. The minimum atomic E-state index is -3.50. The van der Waals surface area contributed by atoms with Gasteiger partial charge in [0.1, 0.15) is 12.4 Å². The van der Waals surface area contributed by atoms with Crippen LogP contribution in [0.25, 0.3) is 0 Å². The minimum Gasteiger partial charge on any atom is -0.492 e. The molecule has 0 atom stereocenters.